The van der Waals surface area contributed by atoms with E-state index in [4.69, 9.17) is 14.8 Å². The molecule has 1 saturated heterocycles. The first-order chi connectivity index (χ1) is 15.2. The summed E-state index contributed by atoms with van der Waals surface area (Å²) in [6.07, 6.45) is 2.02. The first-order valence-electron chi connectivity index (χ1n) is 10.4. The summed E-state index contributed by atoms with van der Waals surface area (Å²) in [6, 6.07) is 23.9. The average Bonchev–Trinajstić information content (AvgIpc) is 2.81. The minimum Gasteiger partial charge on any atom is -0.340 e. The van der Waals surface area contributed by atoms with Gasteiger partial charge in [0.1, 0.15) is 11.7 Å². The Morgan fingerprint density at radius 3 is 2.39 bits per heavy atom. The van der Waals surface area contributed by atoms with Crippen molar-refractivity contribution in [2.24, 2.45) is 9.98 Å². The Kier molecular flexibility index (Phi) is 6.69. The van der Waals surface area contributed by atoms with Crippen LogP contribution in [0.2, 0.25) is 0 Å². The van der Waals surface area contributed by atoms with Crippen LogP contribution in [0.25, 0.3) is 0 Å². The number of benzene rings is 3. The second-order valence-electron chi connectivity index (χ2n) is 7.30. The number of amidine groups is 1. The van der Waals surface area contributed by atoms with Crippen molar-refractivity contribution in [2.75, 3.05) is 18.5 Å². The van der Waals surface area contributed by atoms with E-state index in [0.717, 1.165) is 35.3 Å². The van der Waals surface area contributed by atoms with Crippen LogP contribution in [0.15, 0.2) is 88.8 Å². The molecule has 0 bridgehead atoms. The Labute approximate surface area is 181 Å². The van der Waals surface area contributed by atoms with E-state index in [-0.39, 0.29) is 5.82 Å². The van der Waals surface area contributed by atoms with E-state index in [0.29, 0.717) is 24.9 Å². The molecule has 0 amide bonds. The fraction of sp³-hybridized carbons (Fsp3) is 0.200. The van der Waals surface area contributed by atoms with Crippen LogP contribution in [0, 0.1) is 12.7 Å². The fourth-order valence-corrected chi connectivity index (χ4v) is 3.27. The van der Waals surface area contributed by atoms with Gasteiger partial charge in [-0.25, -0.2) is 14.4 Å². The summed E-state index contributed by atoms with van der Waals surface area (Å²) in [4.78, 5) is 15.5. The third-order valence-corrected chi connectivity index (χ3v) is 4.93. The molecule has 1 N–H and O–H groups in total. The average molecular weight is 417 g/mol. The third-order valence-electron chi connectivity index (χ3n) is 4.93. The molecule has 0 spiro atoms. The van der Waals surface area contributed by atoms with Crippen LogP contribution in [0.3, 0.4) is 0 Å². The van der Waals surface area contributed by atoms with Gasteiger partial charge in [0.05, 0.1) is 12.3 Å². The van der Waals surface area contributed by atoms with Crippen LogP contribution in [0.4, 0.5) is 15.8 Å². The SMILES string of the molecule is Cc1ccccc1/C(=N\C(=N/c1ccccc1)N1CCCCO1)Nc1ccc(F)cc1. The molecule has 4 rings (SSSR count). The lowest BCUT2D eigenvalue weighted by Crippen LogP contribution is -2.36. The van der Waals surface area contributed by atoms with E-state index in [2.05, 4.69) is 5.32 Å². The number of guanidine groups is 1. The van der Waals surface area contributed by atoms with Crippen molar-refractivity contribution in [1.29, 1.82) is 0 Å². The number of anilines is 1. The maximum absolute atomic E-state index is 13.4. The number of hydrogen-bond acceptors (Lipinski definition) is 2. The first-order valence-corrected chi connectivity index (χ1v) is 10.4. The maximum Gasteiger partial charge on any atom is 0.252 e. The van der Waals surface area contributed by atoms with E-state index in [1.807, 2.05) is 61.5 Å². The van der Waals surface area contributed by atoms with Gasteiger partial charge in [0, 0.05) is 17.8 Å². The van der Waals surface area contributed by atoms with Crippen LogP contribution < -0.4 is 5.32 Å². The number of nitrogens with zero attached hydrogens (tertiary/aromatic N) is 3. The lowest BCUT2D eigenvalue weighted by molar-refractivity contribution is -0.124. The van der Waals surface area contributed by atoms with Crippen molar-refractivity contribution in [3.05, 3.63) is 95.8 Å². The molecular formula is C25H25FN4O. The molecule has 0 saturated carbocycles. The van der Waals surface area contributed by atoms with Crippen LogP contribution in [-0.4, -0.2) is 30.0 Å². The summed E-state index contributed by atoms with van der Waals surface area (Å²) in [6.45, 7) is 3.38. The zero-order valence-electron chi connectivity index (χ0n) is 17.5. The molecule has 1 heterocycles. The maximum atomic E-state index is 13.4. The van der Waals surface area contributed by atoms with Crippen molar-refractivity contribution in [3.63, 3.8) is 0 Å². The van der Waals surface area contributed by atoms with Crippen molar-refractivity contribution in [3.8, 4) is 0 Å². The number of hydrogen-bond donors (Lipinski definition) is 1. The van der Waals surface area contributed by atoms with Gasteiger partial charge in [0.2, 0.25) is 0 Å². The summed E-state index contributed by atoms with van der Waals surface area (Å²) >= 11 is 0. The van der Waals surface area contributed by atoms with Gasteiger partial charge in [-0.1, -0.05) is 42.5 Å². The monoisotopic (exact) mass is 416 g/mol. The molecule has 1 fully saturated rings. The van der Waals surface area contributed by atoms with E-state index in [1.165, 1.54) is 12.1 Å². The summed E-state index contributed by atoms with van der Waals surface area (Å²) in [5.41, 5.74) is 3.53. The minimum atomic E-state index is -0.284. The third kappa shape index (κ3) is 5.55. The molecule has 0 radical (unpaired) electrons. The molecule has 0 atom stereocenters. The molecule has 3 aromatic carbocycles. The highest BCUT2D eigenvalue weighted by Gasteiger charge is 2.18. The smallest absolute Gasteiger partial charge is 0.252 e. The molecule has 158 valence electrons. The fourth-order valence-electron chi connectivity index (χ4n) is 3.27. The number of halogens is 1. The van der Waals surface area contributed by atoms with Crippen LogP contribution in [0.1, 0.15) is 24.0 Å². The number of nitrogens with one attached hydrogen (secondary N) is 1. The number of rotatable bonds is 3. The number of aryl methyl sites for hydroxylation is 1. The van der Waals surface area contributed by atoms with Gasteiger partial charge in [-0.05, 0) is 61.7 Å². The van der Waals surface area contributed by atoms with Gasteiger partial charge in [0.25, 0.3) is 5.96 Å². The molecule has 0 unspecified atom stereocenters. The summed E-state index contributed by atoms with van der Waals surface area (Å²) in [5.74, 6) is 0.806. The molecule has 0 aromatic heterocycles. The van der Waals surface area contributed by atoms with Gasteiger partial charge in [-0.3, -0.25) is 4.84 Å². The Bertz CT molecular complexity index is 1060. The van der Waals surface area contributed by atoms with Gasteiger partial charge >= 0.3 is 0 Å². The van der Waals surface area contributed by atoms with Crippen LogP contribution in [0.5, 0.6) is 0 Å². The number of hydroxylamine groups is 2. The lowest BCUT2D eigenvalue weighted by Gasteiger charge is -2.27. The number of aliphatic imine (C=N–C) groups is 2. The van der Waals surface area contributed by atoms with Crippen molar-refractivity contribution in [2.45, 2.75) is 19.8 Å². The molecule has 31 heavy (non-hydrogen) atoms. The second kappa shape index (κ2) is 10.00. The first kappa shape index (κ1) is 20.8. The molecule has 3 aromatic rings. The Balaban J connectivity index is 1.78. The van der Waals surface area contributed by atoms with Crippen LogP contribution in [-0.2, 0) is 4.84 Å². The quantitative estimate of drug-likeness (QED) is 0.440. The van der Waals surface area contributed by atoms with Gasteiger partial charge in [-0.15, -0.1) is 0 Å². The summed E-state index contributed by atoms with van der Waals surface area (Å²) in [7, 11) is 0. The molecule has 0 aliphatic carbocycles. The highest BCUT2D eigenvalue weighted by atomic mass is 19.1. The second-order valence-corrected chi connectivity index (χ2v) is 7.30. The Morgan fingerprint density at radius 2 is 1.68 bits per heavy atom. The number of para-hydroxylation sites is 1. The highest BCUT2D eigenvalue weighted by Crippen LogP contribution is 2.18. The van der Waals surface area contributed by atoms with E-state index in [9.17, 15) is 4.39 Å². The standard InChI is InChI=1S/C25H25FN4O/c1-19-9-5-6-12-23(19)24(27-22-15-13-20(26)14-16-22)29-25(30-17-7-8-18-31-30)28-21-10-3-2-4-11-21/h2-6,9-16H,7-8,17-18H2,1H3,(H,27,28,29). The van der Waals surface area contributed by atoms with Gasteiger partial charge < -0.3 is 5.32 Å². The zero-order valence-corrected chi connectivity index (χ0v) is 17.5. The van der Waals surface area contributed by atoms with Crippen molar-refractivity contribution in [1.82, 2.24) is 5.06 Å². The predicted molar refractivity (Wildman–Crippen MR) is 123 cm³/mol. The molecule has 5 nitrogen and oxygen atoms in total. The highest BCUT2D eigenvalue weighted by molar-refractivity contribution is 6.13. The lowest BCUT2D eigenvalue weighted by atomic mass is 10.1. The molecular weight excluding hydrogens is 391 g/mol. The van der Waals surface area contributed by atoms with E-state index in [1.54, 1.807) is 17.2 Å². The van der Waals surface area contributed by atoms with Crippen molar-refractivity contribution < 1.29 is 9.23 Å². The summed E-state index contributed by atoms with van der Waals surface area (Å²) in [5, 5.41) is 5.09. The minimum absolute atomic E-state index is 0.284. The molecule has 6 heteroatoms. The zero-order chi connectivity index (χ0) is 21.5. The van der Waals surface area contributed by atoms with Gasteiger partial charge in [-0.2, -0.15) is 4.99 Å². The molecule has 1 aliphatic heterocycles. The molecule has 1 aliphatic rings. The van der Waals surface area contributed by atoms with E-state index < -0.39 is 0 Å². The van der Waals surface area contributed by atoms with Crippen LogP contribution >= 0.6 is 0 Å². The van der Waals surface area contributed by atoms with Gasteiger partial charge in [0.15, 0.2) is 0 Å². The summed E-state index contributed by atoms with van der Waals surface area (Å²) < 4.78 is 13.4. The predicted octanol–water partition coefficient (Wildman–Crippen LogP) is 5.71. The normalized spacial score (nSPS) is 15.1. The Morgan fingerprint density at radius 1 is 0.935 bits per heavy atom. The van der Waals surface area contributed by atoms with Crippen molar-refractivity contribution >= 4 is 23.2 Å². The Hall–Kier alpha value is -3.51. The topological polar surface area (TPSA) is 49.2 Å². The van der Waals surface area contributed by atoms with E-state index >= 15 is 0 Å². The largest absolute Gasteiger partial charge is 0.340 e.